The van der Waals surface area contributed by atoms with Crippen molar-refractivity contribution in [2.24, 2.45) is 0 Å². The van der Waals surface area contributed by atoms with Crippen LogP contribution in [-0.4, -0.2) is 75.5 Å². The second-order valence-corrected chi connectivity index (χ2v) is 17.0. The second kappa shape index (κ2) is 45.3. The first kappa shape index (κ1) is 59.7. The Labute approximate surface area is 391 Å². The first-order chi connectivity index (χ1) is 31.1. The van der Waals surface area contributed by atoms with Crippen LogP contribution >= 0.6 is 0 Å². The predicted molar refractivity (Wildman–Crippen MR) is 267 cm³/mol. The largest absolute Gasteiger partial charge is 0.544 e. The molecule has 0 saturated carbocycles. The molecule has 0 radical (unpaired) electrons. The maximum Gasteiger partial charge on any atom is 0.306 e. The third-order valence-corrected chi connectivity index (χ3v) is 10.1. The molecular weight excluding hydrogens is 799 g/mol. The van der Waals surface area contributed by atoms with E-state index in [2.05, 4.69) is 135 Å². The van der Waals surface area contributed by atoms with Crippen LogP contribution in [0.5, 0.6) is 0 Å². The van der Waals surface area contributed by atoms with Crippen LogP contribution in [-0.2, 0) is 28.6 Å². The number of unbranched alkanes of at least 4 members (excludes halogenated alkanes) is 8. The summed E-state index contributed by atoms with van der Waals surface area (Å²) in [5, 5.41) is 11.7. The number of nitrogens with zero attached hydrogens (tertiary/aromatic N) is 1. The molecule has 0 aromatic carbocycles. The lowest BCUT2D eigenvalue weighted by Crippen LogP contribution is -2.55. The van der Waals surface area contributed by atoms with Crippen molar-refractivity contribution >= 4 is 17.9 Å². The van der Waals surface area contributed by atoms with Gasteiger partial charge >= 0.3 is 11.9 Å². The maximum atomic E-state index is 12.8. The molecule has 0 heterocycles. The molecule has 0 amide bonds. The SMILES string of the molecule is CC/C=C/C/C=C/C/C=C/C/C=C/C/C=C/CCCCCC(=O)OC(COCCC(C(=O)[O-])[N+](C)(C)C)COC(=O)CCCC/C=C/C/C=C/C/C=C/C/C=C/C/C=C/CCCCC. The summed E-state index contributed by atoms with van der Waals surface area (Å²) in [5.74, 6) is -1.85. The monoisotopic (exact) mass is 888 g/mol. The number of aliphatic carboxylic acids is 1. The van der Waals surface area contributed by atoms with Crippen molar-refractivity contribution < 1.29 is 38.2 Å². The smallest absolute Gasteiger partial charge is 0.306 e. The fraction of sp³-hybridized carbons (Fsp3) is 0.589. The van der Waals surface area contributed by atoms with Crippen molar-refractivity contribution in [3.05, 3.63) is 122 Å². The summed E-state index contributed by atoms with van der Waals surface area (Å²) >= 11 is 0. The van der Waals surface area contributed by atoms with Gasteiger partial charge in [-0.25, -0.2) is 0 Å². The van der Waals surface area contributed by atoms with Crippen molar-refractivity contribution in [1.29, 1.82) is 0 Å². The van der Waals surface area contributed by atoms with Crippen LogP contribution in [0.4, 0.5) is 0 Å². The summed E-state index contributed by atoms with van der Waals surface area (Å²) < 4.78 is 17.1. The van der Waals surface area contributed by atoms with Crippen LogP contribution in [0.3, 0.4) is 0 Å². The minimum atomic E-state index is -1.14. The van der Waals surface area contributed by atoms with Gasteiger partial charge in [0.2, 0.25) is 0 Å². The van der Waals surface area contributed by atoms with Crippen molar-refractivity contribution in [2.45, 2.75) is 174 Å². The molecule has 0 aromatic heterocycles. The third kappa shape index (κ3) is 43.0. The highest BCUT2D eigenvalue weighted by Gasteiger charge is 2.25. The highest BCUT2D eigenvalue weighted by Crippen LogP contribution is 2.11. The minimum Gasteiger partial charge on any atom is -0.544 e. The molecule has 0 fully saturated rings. The molecule has 0 aliphatic rings. The van der Waals surface area contributed by atoms with Gasteiger partial charge in [-0.05, 0) is 109 Å². The van der Waals surface area contributed by atoms with E-state index in [1.54, 1.807) is 21.1 Å². The van der Waals surface area contributed by atoms with Gasteiger partial charge < -0.3 is 28.6 Å². The van der Waals surface area contributed by atoms with E-state index in [0.29, 0.717) is 12.8 Å². The molecule has 64 heavy (non-hydrogen) atoms. The number of allylic oxidation sites excluding steroid dienone is 20. The molecule has 8 heteroatoms. The van der Waals surface area contributed by atoms with Gasteiger partial charge in [0.25, 0.3) is 0 Å². The standard InChI is InChI=1S/C56H89NO7/c1-6-8-10-12-14-16-18-20-22-24-26-27-29-30-32-34-36-38-40-42-44-46-54(58)63-51-52(50-62-49-48-53(56(60)61)57(3,4)5)64-55(59)47-45-43-41-39-37-35-33-31-28-25-23-21-19-17-15-13-11-9-7-2/h9,11,14-17,20-23,26-28,30-32,35-38,52-53H,6-8,10,12-13,18-19,24-25,29,33-34,39-51H2,1-5H3/b11-9+,16-14+,17-15+,22-20+,23-21+,27-26+,31-28+,32-30+,37-35+,38-36+. The fourth-order valence-electron chi connectivity index (χ4n) is 6.29. The quantitative estimate of drug-likeness (QED) is 0.0260. The Morgan fingerprint density at radius 2 is 0.875 bits per heavy atom. The van der Waals surface area contributed by atoms with E-state index in [1.807, 2.05) is 0 Å². The van der Waals surface area contributed by atoms with E-state index in [0.717, 1.165) is 89.9 Å². The number of quaternary nitrogens is 1. The van der Waals surface area contributed by atoms with Crippen LogP contribution in [0.25, 0.3) is 0 Å². The Bertz CT molecular complexity index is 1450. The number of hydrogen-bond acceptors (Lipinski definition) is 7. The summed E-state index contributed by atoms with van der Waals surface area (Å²) in [6.45, 7) is 4.41. The van der Waals surface area contributed by atoms with E-state index in [9.17, 15) is 19.5 Å². The van der Waals surface area contributed by atoms with Crippen LogP contribution in [0.2, 0.25) is 0 Å². The van der Waals surface area contributed by atoms with E-state index in [-0.39, 0.29) is 55.5 Å². The molecule has 0 rings (SSSR count). The van der Waals surface area contributed by atoms with Crippen LogP contribution in [0.1, 0.15) is 162 Å². The third-order valence-electron chi connectivity index (χ3n) is 10.1. The van der Waals surface area contributed by atoms with Gasteiger partial charge in [0, 0.05) is 19.3 Å². The van der Waals surface area contributed by atoms with E-state index in [1.165, 1.54) is 25.7 Å². The lowest BCUT2D eigenvalue weighted by molar-refractivity contribution is -0.889. The van der Waals surface area contributed by atoms with Gasteiger partial charge in [-0.15, -0.1) is 0 Å². The number of likely N-dealkylation sites (N-methyl/N-ethyl adjacent to an activating group) is 1. The number of rotatable bonds is 42. The molecule has 0 spiro atoms. The van der Waals surface area contributed by atoms with Crippen molar-refractivity contribution in [1.82, 2.24) is 0 Å². The zero-order valence-electron chi connectivity index (χ0n) is 40.9. The van der Waals surface area contributed by atoms with E-state index in [4.69, 9.17) is 14.2 Å². The summed E-state index contributed by atoms with van der Waals surface area (Å²) in [6.07, 6.45) is 63.7. The highest BCUT2D eigenvalue weighted by molar-refractivity contribution is 5.70. The Morgan fingerprint density at radius 1 is 0.484 bits per heavy atom. The number of esters is 2. The Kier molecular flexibility index (Phi) is 42.3. The zero-order valence-corrected chi connectivity index (χ0v) is 40.9. The van der Waals surface area contributed by atoms with Gasteiger partial charge in [-0.1, -0.05) is 155 Å². The molecule has 8 nitrogen and oxygen atoms in total. The number of ether oxygens (including phenoxy) is 3. The van der Waals surface area contributed by atoms with Crippen molar-refractivity contribution in [3.8, 4) is 0 Å². The number of carboxylic acid groups (broad SMARTS) is 1. The summed E-state index contributed by atoms with van der Waals surface area (Å²) in [5.41, 5.74) is 0. The van der Waals surface area contributed by atoms with Gasteiger partial charge in [-0.3, -0.25) is 9.59 Å². The molecule has 0 N–H and O–H groups in total. The lowest BCUT2D eigenvalue weighted by Gasteiger charge is -2.34. The molecule has 0 saturated heterocycles. The molecule has 0 bridgehead atoms. The van der Waals surface area contributed by atoms with Crippen molar-refractivity contribution in [3.63, 3.8) is 0 Å². The van der Waals surface area contributed by atoms with Gasteiger partial charge in [0.15, 0.2) is 6.10 Å². The van der Waals surface area contributed by atoms with E-state index < -0.39 is 18.1 Å². The van der Waals surface area contributed by atoms with E-state index >= 15 is 0 Å². The lowest BCUT2D eigenvalue weighted by atomic mass is 10.1. The minimum absolute atomic E-state index is 0.00420. The van der Waals surface area contributed by atoms with Crippen molar-refractivity contribution in [2.75, 3.05) is 41.0 Å². The molecule has 360 valence electrons. The highest BCUT2D eigenvalue weighted by atomic mass is 16.6. The molecule has 2 atom stereocenters. The molecule has 2 unspecified atom stereocenters. The second-order valence-electron chi connectivity index (χ2n) is 17.0. The molecule has 0 aromatic rings. The van der Waals surface area contributed by atoms with Gasteiger partial charge in [0.1, 0.15) is 12.6 Å². The van der Waals surface area contributed by atoms with Gasteiger partial charge in [0.05, 0.1) is 40.3 Å². The summed E-state index contributed by atoms with van der Waals surface area (Å²) in [6, 6.07) is -0.748. The number of hydrogen-bond donors (Lipinski definition) is 0. The van der Waals surface area contributed by atoms with Gasteiger partial charge in [-0.2, -0.15) is 0 Å². The molecular formula is C56H89NO7. The average molecular weight is 888 g/mol. The first-order valence-electron chi connectivity index (χ1n) is 24.6. The Balaban J connectivity index is 4.46. The maximum absolute atomic E-state index is 12.8. The fourth-order valence-corrected chi connectivity index (χ4v) is 6.29. The normalized spacial score (nSPS) is 14.0. The predicted octanol–water partition coefficient (Wildman–Crippen LogP) is 12.9. The molecule has 0 aliphatic heterocycles. The number of carbonyl (C=O) groups excluding carboxylic acids is 3. The zero-order chi connectivity index (χ0) is 47.0. The summed E-state index contributed by atoms with van der Waals surface area (Å²) in [4.78, 5) is 37.0. The Morgan fingerprint density at radius 3 is 1.30 bits per heavy atom. The van der Waals surface area contributed by atoms with Crippen LogP contribution < -0.4 is 5.11 Å². The van der Waals surface area contributed by atoms with Crippen LogP contribution in [0, 0.1) is 0 Å². The average Bonchev–Trinajstić information content (AvgIpc) is 3.26. The topological polar surface area (TPSA) is 102 Å². The van der Waals surface area contributed by atoms with Crippen LogP contribution in [0.15, 0.2) is 122 Å². The molecule has 0 aliphatic carbocycles. The first-order valence-corrected chi connectivity index (χ1v) is 24.6. The number of carboxylic acids is 1. The number of carbonyl (C=O) groups is 3. The Hall–Kier alpha value is -4.27. The summed E-state index contributed by atoms with van der Waals surface area (Å²) in [7, 11) is 5.37.